The molecule has 0 aliphatic carbocycles. The van der Waals surface area contributed by atoms with Gasteiger partial charge in [0.25, 0.3) is 0 Å². The molecule has 2 unspecified atom stereocenters. The standard InChI is InChI=1S/C10H13ClN2S.C2H4S.C2H6/c1-12-14-6-2-3-9(14)8-4-5-10(11)13-7-8;1-2-3;1-2/h4-5,7,9H,2-3,6H2,1H3;2H,1H3;1-2H3. The van der Waals surface area contributed by atoms with Crippen molar-refractivity contribution in [3.8, 4) is 0 Å². The second kappa shape index (κ2) is 11.5. The van der Waals surface area contributed by atoms with Crippen LogP contribution in [0.3, 0.4) is 0 Å². The first-order valence-electron chi connectivity index (χ1n) is 6.53. The Labute approximate surface area is 130 Å². The van der Waals surface area contributed by atoms with Crippen molar-refractivity contribution in [2.75, 3.05) is 12.8 Å². The molecule has 2 heterocycles. The van der Waals surface area contributed by atoms with Gasteiger partial charge >= 0.3 is 0 Å². The Bertz CT molecular complexity index is 391. The summed E-state index contributed by atoms with van der Waals surface area (Å²) in [7, 11) is 2.13. The van der Waals surface area contributed by atoms with Crippen molar-refractivity contribution in [3.63, 3.8) is 0 Å². The van der Waals surface area contributed by atoms with Crippen molar-refractivity contribution in [1.29, 1.82) is 0 Å². The highest BCUT2D eigenvalue weighted by Crippen LogP contribution is 2.32. The predicted octanol–water partition coefficient (Wildman–Crippen LogP) is 5.03. The van der Waals surface area contributed by atoms with Gasteiger partial charge in [-0.25, -0.2) is 4.98 Å². The van der Waals surface area contributed by atoms with Crippen molar-refractivity contribution in [2.24, 2.45) is 4.36 Å². The number of thiocarbonyl (C=S) groups is 1. The molecule has 0 amide bonds. The maximum absolute atomic E-state index is 5.76. The molecule has 1 aliphatic rings. The Kier molecular flexibility index (Phi) is 11.3. The average Bonchev–Trinajstić information content (AvgIpc) is 2.91. The molecular weight excluding hydrogens is 296 g/mol. The van der Waals surface area contributed by atoms with Gasteiger partial charge in [0.1, 0.15) is 5.15 Å². The lowest BCUT2D eigenvalue weighted by molar-refractivity contribution is 0.824. The monoisotopic (exact) mass is 318 g/mol. The molecular formula is C14H23ClN2S2. The van der Waals surface area contributed by atoms with Crippen LogP contribution in [0.25, 0.3) is 0 Å². The van der Waals surface area contributed by atoms with Gasteiger partial charge in [-0.1, -0.05) is 54.4 Å². The van der Waals surface area contributed by atoms with Crippen molar-refractivity contribution in [1.82, 2.24) is 4.98 Å². The van der Waals surface area contributed by atoms with Crippen LogP contribution in [0.15, 0.2) is 22.7 Å². The highest BCUT2D eigenvalue weighted by atomic mass is 35.5. The number of rotatable bonds is 1. The lowest BCUT2D eigenvalue weighted by Crippen LogP contribution is -2.00. The second-order valence-electron chi connectivity index (χ2n) is 3.57. The van der Waals surface area contributed by atoms with E-state index in [-0.39, 0.29) is 10.7 Å². The Hall–Kier alpha value is -0.320. The van der Waals surface area contributed by atoms with E-state index in [9.17, 15) is 0 Å². The molecule has 0 spiro atoms. The van der Waals surface area contributed by atoms with E-state index >= 15 is 0 Å². The van der Waals surface area contributed by atoms with Crippen LogP contribution < -0.4 is 0 Å². The summed E-state index contributed by atoms with van der Waals surface area (Å²) < 4.78 is 4.43. The first-order chi connectivity index (χ1) is 9.22. The summed E-state index contributed by atoms with van der Waals surface area (Å²) in [6.45, 7) is 5.81. The SMILES string of the molecule is CC.CC=S.CN=S1CCCC1c1ccc(Cl)nc1. The minimum absolute atomic E-state index is 0.212. The van der Waals surface area contributed by atoms with E-state index in [4.69, 9.17) is 11.6 Å². The van der Waals surface area contributed by atoms with E-state index in [1.165, 1.54) is 24.2 Å². The first kappa shape index (κ1) is 18.7. The zero-order chi connectivity index (χ0) is 14.7. The number of aromatic nitrogens is 1. The lowest BCUT2D eigenvalue weighted by Gasteiger charge is -2.11. The molecule has 0 radical (unpaired) electrons. The van der Waals surface area contributed by atoms with Crippen LogP contribution in [-0.4, -0.2) is 23.2 Å². The molecule has 1 fully saturated rings. The molecule has 1 aromatic rings. The van der Waals surface area contributed by atoms with Crippen LogP contribution in [-0.2, 0) is 10.7 Å². The minimum Gasteiger partial charge on any atom is -0.268 e. The maximum atomic E-state index is 5.76. The first-order valence-corrected chi connectivity index (χ1v) is 8.80. The van der Waals surface area contributed by atoms with Gasteiger partial charge < -0.3 is 0 Å². The highest BCUT2D eigenvalue weighted by molar-refractivity contribution is 7.87. The van der Waals surface area contributed by atoms with Crippen LogP contribution >= 0.6 is 23.8 Å². The van der Waals surface area contributed by atoms with Gasteiger partial charge in [0.15, 0.2) is 0 Å². The van der Waals surface area contributed by atoms with Crippen molar-refractivity contribution in [2.45, 2.75) is 38.9 Å². The molecule has 0 N–H and O–H groups in total. The van der Waals surface area contributed by atoms with E-state index in [0.29, 0.717) is 10.4 Å². The Balaban J connectivity index is 0.000000573. The van der Waals surface area contributed by atoms with Crippen LogP contribution in [0.5, 0.6) is 0 Å². The van der Waals surface area contributed by atoms with Crippen LogP contribution in [0.2, 0.25) is 5.15 Å². The van der Waals surface area contributed by atoms with E-state index < -0.39 is 0 Å². The lowest BCUT2D eigenvalue weighted by atomic mass is 10.1. The third kappa shape index (κ3) is 6.59. The van der Waals surface area contributed by atoms with Gasteiger partial charge in [-0.3, -0.25) is 4.36 Å². The Morgan fingerprint density at radius 1 is 1.47 bits per heavy atom. The summed E-state index contributed by atoms with van der Waals surface area (Å²) in [6, 6.07) is 3.95. The molecule has 0 saturated carbocycles. The third-order valence-electron chi connectivity index (χ3n) is 2.50. The minimum atomic E-state index is 0.212. The maximum Gasteiger partial charge on any atom is 0.129 e. The molecule has 5 heteroatoms. The number of halogens is 1. The molecule has 108 valence electrons. The number of hydrogen-bond donors (Lipinski definition) is 0. The fourth-order valence-corrected chi connectivity index (χ4v) is 4.00. The summed E-state index contributed by atoms with van der Waals surface area (Å²) in [5.41, 5.74) is 1.29. The second-order valence-corrected chi connectivity index (χ2v) is 6.57. The fourth-order valence-electron chi connectivity index (χ4n) is 1.81. The van der Waals surface area contributed by atoms with Gasteiger partial charge in [0, 0.05) is 24.2 Å². The van der Waals surface area contributed by atoms with Crippen LogP contribution in [0.4, 0.5) is 0 Å². The van der Waals surface area contributed by atoms with Crippen molar-refractivity contribution in [3.05, 3.63) is 29.0 Å². The van der Waals surface area contributed by atoms with E-state index in [1.807, 2.05) is 40.1 Å². The summed E-state index contributed by atoms with van der Waals surface area (Å²) in [4.78, 5) is 4.12. The zero-order valence-electron chi connectivity index (χ0n) is 12.1. The molecule has 0 bridgehead atoms. The smallest absolute Gasteiger partial charge is 0.129 e. The van der Waals surface area contributed by atoms with E-state index in [1.54, 1.807) is 5.37 Å². The van der Waals surface area contributed by atoms with Crippen LogP contribution in [0.1, 0.15) is 44.4 Å². The molecule has 0 aromatic carbocycles. The molecule has 2 rings (SSSR count). The molecule has 2 nitrogen and oxygen atoms in total. The summed E-state index contributed by atoms with van der Waals surface area (Å²) in [5.74, 6) is 1.24. The van der Waals surface area contributed by atoms with E-state index in [2.05, 4.69) is 27.6 Å². The number of pyridine rings is 1. The largest absolute Gasteiger partial charge is 0.268 e. The summed E-state index contributed by atoms with van der Waals surface area (Å²) >= 11 is 10.0. The highest BCUT2D eigenvalue weighted by Gasteiger charge is 2.22. The zero-order valence-corrected chi connectivity index (χ0v) is 14.5. The van der Waals surface area contributed by atoms with Gasteiger partial charge in [-0.05, 0) is 36.8 Å². The van der Waals surface area contributed by atoms with Gasteiger partial charge in [0.2, 0.25) is 0 Å². The molecule has 1 aromatic heterocycles. The van der Waals surface area contributed by atoms with Gasteiger partial charge in [0.05, 0.1) is 0 Å². The van der Waals surface area contributed by atoms with Crippen LogP contribution in [0, 0.1) is 0 Å². The molecule has 19 heavy (non-hydrogen) atoms. The normalized spacial score (nSPS) is 20.9. The van der Waals surface area contributed by atoms with Gasteiger partial charge in [-0.15, -0.1) is 0 Å². The topological polar surface area (TPSA) is 25.2 Å². The average molecular weight is 319 g/mol. The fraction of sp³-hybridized carbons (Fsp3) is 0.571. The third-order valence-corrected chi connectivity index (χ3v) is 5.07. The summed E-state index contributed by atoms with van der Waals surface area (Å²) in [6.07, 6.45) is 4.42. The molecule has 2 atom stereocenters. The quantitative estimate of drug-likeness (QED) is 0.535. The summed E-state index contributed by atoms with van der Waals surface area (Å²) in [5, 5.41) is 2.74. The van der Waals surface area contributed by atoms with Crippen molar-refractivity contribution >= 4 is 39.9 Å². The van der Waals surface area contributed by atoms with Gasteiger partial charge in [-0.2, -0.15) is 0 Å². The Morgan fingerprint density at radius 2 is 2.11 bits per heavy atom. The predicted molar refractivity (Wildman–Crippen MR) is 92.5 cm³/mol. The van der Waals surface area contributed by atoms with Crippen molar-refractivity contribution < 1.29 is 0 Å². The molecule has 1 saturated heterocycles. The molecule has 1 aliphatic heterocycles. The Morgan fingerprint density at radius 3 is 2.58 bits per heavy atom. The number of nitrogens with zero attached hydrogens (tertiary/aromatic N) is 2. The van der Waals surface area contributed by atoms with E-state index in [0.717, 1.165) is 0 Å². The number of hydrogen-bond acceptors (Lipinski definition) is 3.